The van der Waals surface area contributed by atoms with Crippen LogP contribution in [0.25, 0.3) is 5.69 Å². The van der Waals surface area contributed by atoms with Gasteiger partial charge in [-0.3, -0.25) is 14.5 Å². The van der Waals surface area contributed by atoms with E-state index in [2.05, 4.69) is 9.71 Å². The summed E-state index contributed by atoms with van der Waals surface area (Å²) in [6.07, 6.45) is -3.33. The standard InChI is InChI=1S/C33H31F4N5O3S/c1-5-41-30-27(25(19-38-46(45)32(2,3)4)40-42(30)24-12-7-6-8-13-24)26(20-14-16-23(34)17-15-20)28(31(41)44)39-29(43)21-10-9-11-22(18-21)33(35,36)37/h6-19,26,28H,5H2,1-4H3,(H,39,43)/b38-19+/t26-,28-,46-/m0/s1. The largest absolute Gasteiger partial charge is 0.416 e. The molecular formula is C33H31F4N5O3S. The number of fused-ring (bicyclic) bond motifs is 1. The molecule has 1 aliphatic rings. The molecule has 240 valence electrons. The van der Waals surface area contributed by atoms with Crippen molar-refractivity contribution in [3.05, 3.63) is 113 Å². The topological polar surface area (TPSA) is 96.7 Å². The van der Waals surface area contributed by atoms with Gasteiger partial charge in [0.25, 0.3) is 11.8 Å². The Morgan fingerprint density at radius 1 is 1.02 bits per heavy atom. The van der Waals surface area contributed by atoms with Crippen LogP contribution >= 0.6 is 0 Å². The van der Waals surface area contributed by atoms with Gasteiger partial charge in [0.2, 0.25) is 0 Å². The summed E-state index contributed by atoms with van der Waals surface area (Å²) in [6.45, 7) is 7.15. The highest BCUT2D eigenvalue weighted by Crippen LogP contribution is 2.43. The van der Waals surface area contributed by atoms with E-state index in [0.717, 1.165) is 12.1 Å². The Balaban J connectivity index is 1.73. The van der Waals surface area contributed by atoms with E-state index in [1.807, 2.05) is 6.07 Å². The van der Waals surface area contributed by atoms with Crippen LogP contribution in [0.4, 0.5) is 23.4 Å². The first-order valence-electron chi connectivity index (χ1n) is 14.4. The SMILES string of the molecule is CCN1C(=O)[C@@H](NC(=O)c2cccc(C(F)(F)F)c2)[C@@H](c2ccc(F)cc2)c2c(/C=N/[S@@](=O)C(C)(C)C)nn(-c3ccccc3)c21. The van der Waals surface area contributed by atoms with Crippen LogP contribution in [0, 0.1) is 5.82 Å². The van der Waals surface area contributed by atoms with Crippen molar-refractivity contribution in [2.45, 2.75) is 50.6 Å². The normalized spacial score (nSPS) is 17.7. The Hall–Kier alpha value is -4.65. The third-order valence-corrected chi connectivity index (χ3v) is 8.78. The summed E-state index contributed by atoms with van der Waals surface area (Å²) < 4.78 is 72.6. The number of hydrogen-bond donors (Lipinski definition) is 1. The fourth-order valence-electron chi connectivity index (χ4n) is 5.22. The first-order chi connectivity index (χ1) is 21.7. The first kappa shape index (κ1) is 32.7. The molecule has 1 N–H and O–H groups in total. The van der Waals surface area contributed by atoms with Crippen LogP contribution in [-0.2, 0) is 22.0 Å². The second-order valence-electron chi connectivity index (χ2n) is 11.6. The Morgan fingerprint density at radius 2 is 1.70 bits per heavy atom. The van der Waals surface area contributed by atoms with Crippen LogP contribution in [0.15, 0.2) is 83.3 Å². The van der Waals surface area contributed by atoms with Crippen LogP contribution in [0.1, 0.15) is 66.4 Å². The van der Waals surface area contributed by atoms with Gasteiger partial charge in [0.1, 0.15) is 34.4 Å². The lowest BCUT2D eigenvalue weighted by Gasteiger charge is -2.38. The van der Waals surface area contributed by atoms with Crippen molar-refractivity contribution in [3.8, 4) is 5.69 Å². The summed E-state index contributed by atoms with van der Waals surface area (Å²) in [7, 11) is -1.67. The second-order valence-corrected chi connectivity index (χ2v) is 13.5. The molecule has 13 heteroatoms. The molecule has 3 atom stereocenters. The van der Waals surface area contributed by atoms with E-state index in [9.17, 15) is 31.4 Å². The van der Waals surface area contributed by atoms with Crippen molar-refractivity contribution >= 4 is 34.8 Å². The maximum absolute atomic E-state index is 14.3. The molecule has 0 spiro atoms. The number of para-hydroxylation sites is 1. The Kier molecular flexibility index (Phi) is 8.98. The number of aromatic nitrogens is 2. The molecule has 0 saturated carbocycles. The summed E-state index contributed by atoms with van der Waals surface area (Å²) in [6, 6.07) is 16.9. The molecule has 8 nitrogen and oxygen atoms in total. The molecule has 0 unspecified atom stereocenters. The minimum absolute atomic E-state index is 0.140. The minimum Gasteiger partial charge on any atom is -0.339 e. The fraction of sp³-hybridized carbons (Fsp3) is 0.273. The number of nitrogens with one attached hydrogen (secondary N) is 1. The first-order valence-corrected chi connectivity index (χ1v) is 15.5. The zero-order valence-electron chi connectivity index (χ0n) is 25.4. The molecule has 0 saturated heterocycles. The third-order valence-electron chi connectivity index (χ3n) is 7.44. The highest BCUT2D eigenvalue weighted by atomic mass is 32.2. The maximum Gasteiger partial charge on any atom is 0.416 e. The molecule has 0 aliphatic carbocycles. The van der Waals surface area contributed by atoms with Crippen molar-refractivity contribution in [1.29, 1.82) is 0 Å². The summed E-state index contributed by atoms with van der Waals surface area (Å²) in [5, 5.41) is 7.44. The molecule has 2 amide bonds. The van der Waals surface area contributed by atoms with Gasteiger partial charge in [0.15, 0.2) is 0 Å². The molecule has 4 aromatic rings. The number of carbonyl (C=O) groups excluding carboxylic acids is 2. The van der Waals surface area contributed by atoms with Gasteiger partial charge in [-0.15, -0.1) is 0 Å². The summed E-state index contributed by atoms with van der Waals surface area (Å²) in [5.41, 5.74) is 0.399. The van der Waals surface area contributed by atoms with E-state index in [1.54, 1.807) is 56.6 Å². The highest BCUT2D eigenvalue weighted by Gasteiger charge is 2.46. The summed E-state index contributed by atoms with van der Waals surface area (Å²) >= 11 is 0. The van der Waals surface area contributed by atoms with E-state index in [0.29, 0.717) is 28.7 Å². The molecule has 1 aliphatic heterocycles. The number of nitrogens with zero attached hydrogens (tertiary/aromatic N) is 4. The molecule has 5 rings (SSSR count). The Labute approximate surface area is 265 Å². The zero-order valence-corrected chi connectivity index (χ0v) is 26.2. The number of rotatable bonds is 7. The van der Waals surface area contributed by atoms with Crippen molar-refractivity contribution in [3.63, 3.8) is 0 Å². The number of alkyl halides is 3. The van der Waals surface area contributed by atoms with Gasteiger partial charge < -0.3 is 5.32 Å². The number of benzene rings is 3. The summed E-state index contributed by atoms with van der Waals surface area (Å²) in [4.78, 5) is 29.2. The zero-order chi connectivity index (χ0) is 33.4. The van der Waals surface area contributed by atoms with E-state index in [4.69, 9.17) is 5.10 Å². The number of carbonyl (C=O) groups is 2. The second kappa shape index (κ2) is 12.6. The van der Waals surface area contributed by atoms with E-state index < -0.39 is 57.1 Å². The predicted octanol–water partition coefficient (Wildman–Crippen LogP) is 6.21. The average Bonchev–Trinajstić information content (AvgIpc) is 3.39. The minimum atomic E-state index is -4.69. The predicted molar refractivity (Wildman–Crippen MR) is 168 cm³/mol. The van der Waals surface area contributed by atoms with Gasteiger partial charge in [-0.1, -0.05) is 36.4 Å². The smallest absolute Gasteiger partial charge is 0.339 e. The van der Waals surface area contributed by atoms with Crippen LogP contribution < -0.4 is 10.2 Å². The van der Waals surface area contributed by atoms with Crippen LogP contribution in [-0.4, -0.2) is 49.4 Å². The van der Waals surface area contributed by atoms with Crippen molar-refractivity contribution in [2.75, 3.05) is 11.4 Å². The van der Waals surface area contributed by atoms with E-state index >= 15 is 0 Å². The van der Waals surface area contributed by atoms with Crippen molar-refractivity contribution in [2.24, 2.45) is 4.40 Å². The highest BCUT2D eigenvalue weighted by molar-refractivity contribution is 7.85. The van der Waals surface area contributed by atoms with Gasteiger partial charge in [-0.25, -0.2) is 13.3 Å². The van der Waals surface area contributed by atoms with E-state index in [1.165, 1.54) is 41.4 Å². The molecule has 3 aromatic carbocycles. The lowest BCUT2D eigenvalue weighted by Crippen LogP contribution is -2.55. The molecule has 2 heterocycles. The number of likely N-dealkylation sites (N-methyl/N-ethyl adjacent to an activating group) is 1. The van der Waals surface area contributed by atoms with Crippen molar-refractivity contribution < 1.29 is 31.4 Å². The number of anilines is 1. The van der Waals surface area contributed by atoms with E-state index in [-0.39, 0.29) is 17.8 Å². The average molecular weight is 654 g/mol. The van der Waals surface area contributed by atoms with Crippen LogP contribution in [0.5, 0.6) is 0 Å². The monoisotopic (exact) mass is 653 g/mol. The van der Waals surface area contributed by atoms with Crippen LogP contribution in [0.2, 0.25) is 0 Å². The number of halogens is 4. The van der Waals surface area contributed by atoms with Gasteiger partial charge in [0.05, 0.1) is 22.2 Å². The lowest BCUT2D eigenvalue weighted by atomic mass is 9.81. The molecule has 0 radical (unpaired) electrons. The number of amides is 2. The molecule has 1 aromatic heterocycles. The van der Waals surface area contributed by atoms with Gasteiger partial charge >= 0.3 is 6.18 Å². The quantitative estimate of drug-likeness (QED) is 0.190. The lowest BCUT2D eigenvalue weighted by molar-refractivity contribution is -0.137. The van der Waals surface area contributed by atoms with Gasteiger partial charge in [-0.05, 0) is 75.7 Å². The van der Waals surface area contributed by atoms with Crippen LogP contribution in [0.3, 0.4) is 0 Å². The maximum atomic E-state index is 14.3. The summed E-state index contributed by atoms with van der Waals surface area (Å²) in [5.74, 6) is -2.62. The number of hydrogen-bond acceptors (Lipinski definition) is 4. The Bertz CT molecular complexity index is 1820. The molecule has 46 heavy (non-hydrogen) atoms. The van der Waals surface area contributed by atoms with Crippen molar-refractivity contribution in [1.82, 2.24) is 15.1 Å². The van der Waals surface area contributed by atoms with Gasteiger partial charge in [0, 0.05) is 23.6 Å². The van der Waals surface area contributed by atoms with Gasteiger partial charge in [-0.2, -0.15) is 22.7 Å². The molecular weight excluding hydrogens is 622 g/mol. The third kappa shape index (κ3) is 6.50. The molecule has 0 fully saturated rings. The molecule has 0 bridgehead atoms. The fourth-order valence-corrected chi connectivity index (χ4v) is 5.73. The Morgan fingerprint density at radius 3 is 2.30 bits per heavy atom.